The zero-order chi connectivity index (χ0) is 20.5. The molecule has 1 aromatic heterocycles. The molecule has 1 aliphatic heterocycles. The van der Waals surface area contributed by atoms with Crippen molar-refractivity contribution >= 4 is 50.2 Å². The number of likely N-dealkylation sites (N-methyl/N-ethyl adjacent to an activating group) is 1. The molecule has 0 aromatic carbocycles. The maximum absolute atomic E-state index is 12.5. The first kappa shape index (κ1) is 24.3. The average molecular weight is 442 g/mol. The number of β-lactam (4-membered cyclic amide) rings is 1. The normalized spacial score (nSPS) is 19.4. The van der Waals surface area contributed by atoms with Crippen LogP contribution in [-0.2, 0) is 29.5 Å². The Morgan fingerprint density at radius 3 is 2.50 bits per heavy atom. The molecule has 13 nitrogen and oxygen atoms in total. The van der Waals surface area contributed by atoms with Gasteiger partial charge < -0.3 is 25.3 Å². The summed E-state index contributed by atoms with van der Waals surface area (Å²) in [6.45, 7) is 0. The van der Waals surface area contributed by atoms with E-state index in [1.165, 1.54) is 26.6 Å². The van der Waals surface area contributed by atoms with E-state index in [0.717, 1.165) is 16.2 Å². The Hall–Kier alpha value is -1.78. The van der Waals surface area contributed by atoms with Gasteiger partial charge in [0.25, 0.3) is 11.8 Å². The molecule has 1 saturated heterocycles. The number of nitrogens with two attached hydrogens (primary N) is 1. The van der Waals surface area contributed by atoms with Crippen LogP contribution in [0.3, 0.4) is 0 Å². The Labute approximate surface area is 186 Å². The van der Waals surface area contributed by atoms with Gasteiger partial charge in [-0.1, -0.05) is 5.16 Å². The van der Waals surface area contributed by atoms with Crippen LogP contribution < -0.4 is 40.6 Å². The summed E-state index contributed by atoms with van der Waals surface area (Å²) in [7, 11) is -1.47. The monoisotopic (exact) mass is 442 g/mol. The quantitative estimate of drug-likeness (QED) is 0.142. The molecule has 2 rings (SSSR count). The Morgan fingerprint density at radius 2 is 2.07 bits per heavy atom. The number of anilines is 1. The van der Waals surface area contributed by atoms with Gasteiger partial charge in [0.15, 0.2) is 27.2 Å². The molecule has 2 atom stereocenters. The van der Waals surface area contributed by atoms with Crippen LogP contribution in [0.2, 0.25) is 0 Å². The Balaban J connectivity index is 0.00000392. The standard InChI is InChI=1S/C12H16N6O7S2.Na/c1-17(2)11(21)8-7(10(20)18(8)27(22,23)24)15-9(19)6(16-25-3)5-4-26-12(13)14-5;/h4,7-8H,1-3H3,(H2,13,14)(H,15,19)(H,22,23,24);/q;+1/p-1. The van der Waals surface area contributed by atoms with E-state index in [2.05, 4.69) is 20.3 Å². The molecule has 28 heavy (non-hydrogen) atoms. The van der Waals surface area contributed by atoms with Crippen LogP contribution in [-0.4, -0.2) is 83.9 Å². The minimum atomic E-state index is -5.24. The Bertz CT molecular complexity index is 915. The van der Waals surface area contributed by atoms with Crippen molar-refractivity contribution in [1.29, 1.82) is 0 Å². The number of amides is 3. The number of nitrogen functional groups attached to an aromatic ring is 1. The molecule has 148 valence electrons. The van der Waals surface area contributed by atoms with Gasteiger partial charge in [-0.2, -0.15) is 0 Å². The van der Waals surface area contributed by atoms with Crippen molar-refractivity contribution in [2.24, 2.45) is 5.16 Å². The number of hydrogen-bond donors (Lipinski definition) is 2. The van der Waals surface area contributed by atoms with Crippen molar-refractivity contribution in [2.45, 2.75) is 12.1 Å². The third kappa shape index (κ3) is 4.79. The first-order valence-electron chi connectivity index (χ1n) is 7.12. The summed E-state index contributed by atoms with van der Waals surface area (Å²) >= 11 is 1.02. The number of nitrogens with zero attached hydrogens (tertiary/aromatic N) is 4. The van der Waals surface area contributed by atoms with E-state index in [-0.39, 0.29) is 50.4 Å². The van der Waals surface area contributed by atoms with Crippen LogP contribution in [0.15, 0.2) is 10.5 Å². The van der Waals surface area contributed by atoms with E-state index in [1.54, 1.807) is 0 Å². The van der Waals surface area contributed by atoms with Crippen LogP contribution in [0.1, 0.15) is 5.69 Å². The van der Waals surface area contributed by atoms with Gasteiger partial charge in [0.1, 0.15) is 18.8 Å². The molecule has 0 spiro atoms. The molecule has 3 amide bonds. The molecular weight excluding hydrogens is 427 g/mol. The van der Waals surface area contributed by atoms with Crippen molar-refractivity contribution < 1.29 is 61.7 Å². The maximum Gasteiger partial charge on any atom is 1.00 e. The van der Waals surface area contributed by atoms with Crippen LogP contribution in [0.25, 0.3) is 0 Å². The SMILES string of the molecule is CON=C(C(=O)NC1C(=O)N(S(=O)(=O)[O-])C1C(=O)N(C)C)c1csc(N)n1.[Na+]. The molecule has 2 heterocycles. The molecule has 2 unspecified atom stereocenters. The van der Waals surface area contributed by atoms with Gasteiger partial charge in [0, 0.05) is 19.5 Å². The van der Waals surface area contributed by atoms with E-state index in [4.69, 9.17) is 5.73 Å². The van der Waals surface area contributed by atoms with Gasteiger partial charge in [-0.25, -0.2) is 17.7 Å². The average Bonchev–Trinajstić information content (AvgIpc) is 2.98. The summed E-state index contributed by atoms with van der Waals surface area (Å²) < 4.78 is 33.6. The second-order valence-corrected chi connectivity index (χ2v) is 7.55. The Kier molecular flexibility index (Phi) is 7.92. The molecule has 16 heteroatoms. The number of rotatable bonds is 6. The molecule has 0 aliphatic carbocycles. The summed E-state index contributed by atoms with van der Waals surface area (Å²) in [4.78, 5) is 46.1. The largest absolute Gasteiger partial charge is 1.00 e. The molecule has 0 bridgehead atoms. The van der Waals surface area contributed by atoms with E-state index in [0.29, 0.717) is 0 Å². The van der Waals surface area contributed by atoms with E-state index in [9.17, 15) is 27.4 Å². The third-order valence-electron chi connectivity index (χ3n) is 3.44. The molecule has 1 aliphatic rings. The smallest absolute Gasteiger partial charge is 0.731 e. The molecule has 0 radical (unpaired) electrons. The number of thiazole rings is 1. The number of carbonyl (C=O) groups excluding carboxylic acids is 3. The van der Waals surface area contributed by atoms with Crippen LogP contribution in [0, 0.1) is 0 Å². The number of carbonyl (C=O) groups is 3. The van der Waals surface area contributed by atoms with Crippen molar-refractivity contribution in [3.05, 3.63) is 11.1 Å². The second kappa shape index (κ2) is 9.15. The molecule has 1 aromatic rings. The van der Waals surface area contributed by atoms with Crippen LogP contribution in [0.5, 0.6) is 0 Å². The van der Waals surface area contributed by atoms with E-state index >= 15 is 0 Å². The summed E-state index contributed by atoms with van der Waals surface area (Å²) in [6, 6.07) is -3.28. The van der Waals surface area contributed by atoms with E-state index in [1.807, 2.05) is 0 Å². The van der Waals surface area contributed by atoms with Crippen molar-refractivity contribution in [3.63, 3.8) is 0 Å². The predicted octanol–water partition coefficient (Wildman–Crippen LogP) is -5.68. The first-order chi connectivity index (χ1) is 12.5. The van der Waals surface area contributed by atoms with Crippen molar-refractivity contribution in [3.8, 4) is 0 Å². The maximum atomic E-state index is 12.5. The fourth-order valence-electron chi connectivity index (χ4n) is 2.26. The zero-order valence-corrected chi connectivity index (χ0v) is 18.9. The van der Waals surface area contributed by atoms with Crippen molar-refractivity contribution in [1.82, 2.24) is 19.5 Å². The van der Waals surface area contributed by atoms with Gasteiger partial charge >= 0.3 is 29.6 Å². The minimum Gasteiger partial charge on any atom is -0.731 e. The minimum absolute atomic E-state index is 0. The van der Waals surface area contributed by atoms with Gasteiger partial charge in [0.2, 0.25) is 5.91 Å². The summed E-state index contributed by atoms with van der Waals surface area (Å²) in [5.41, 5.74) is 5.20. The molecule has 0 saturated carbocycles. The van der Waals surface area contributed by atoms with Gasteiger partial charge in [0.05, 0.1) is 0 Å². The third-order valence-corrected chi connectivity index (χ3v) is 5.00. The van der Waals surface area contributed by atoms with Gasteiger partial charge in [-0.05, 0) is 0 Å². The Morgan fingerprint density at radius 1 is 1.46 bits per heavy atom. The molecular formula is C12H15N6NaO7S2. The van der Waals surface area contributed by atoms with E-state index < -0.39 is 40.1 Å². The zero-order valence-electron chi connectivity index (χ0n) is 15.3. The van der Waals surface area contributed by atoms with Gasteiger partial charge in [-0.3, -0.25) is 14.4 Å². The number of nitrogens with one attached hydrogen (secondary N) is 1. The van der Waals surface area contributed by atoms with Gasteiger partial charge in [-0.15, -0.1) is 11.3 Å². The fraction of sp³-hybridized carbons (Fsp3) is 0.417. The molecule has 3 N–H and O–H groups in total. The van der Waals surface area contributed by atoms with Crippen molar-refractivity contribution in [2.75, 3.05) is 26.9 Å². The number of oxime groups is 1. The number of aromatic nitrogens is 1. The molecule has 1 fully saturated rings. The first-order valence-corrected chi connectivity index (χ1v) is 9.37. The fourth-order valence-corrected chi connectivity index (χ4v) is 3.63. The number of hydrogen-bond acceptors (Lipinski definition) is 11. The summed E-state index contributed by atoms with van der Waals surface area (Å²) in [6.07, 6.45) is 0. The van der Waals surface area contributed by atoms with Crippen LogP contribution >= 0.6 is 11.3 Å². The topological polar surface area (TPSA) is 187 Å². The van der Waals surface area contributed by atoms with Crippen LogP contribution in [0.4, 0.5) is 5.13 Å². The predicted molar refractivity (Wildman–Crippen MR) is 91.0 cm³/mol. The summed E-state index contributed by atoms with van der Waals surface area (Å²) in [5, 5.41) is 7.24. The second-order valence-electron chi connectivity index (χ2n) is 5.41. The summed E-state index contributed by atoms with van der Waals surface area (Å²) in [5.74, 6) is -3.07.